The molecule has 2 N–H and O–H groups in total. The highest BCUT2D eigenvalue weighted by atomic mass is 19.3. The molecule has 1 heterocycles. The Kier molecular flexibility index (Phi) is 4.87. The fraction of sp³-hybridized carbons (Fsp3) is 0.350. The third-order valence-corrected chi connectivity index (χ3v) is 4.98. The highest BCUT2D eigenvalue weighted by Gasteiger charge is 2.64. The van der Waals surface area contributed by atoms with E-state index in [0.29, 0.717) is 11.4 Å². The number of hydrogen-bond acceptors (Lipinski definition) is 3. The van der Waals surface area contributed by atoms with Crippen molar-refractivity contribution in [2.75, 3.05) is 11.9 Å². The number of carbonyl (C=O) groups excluding carboxylic acids is 1. The predicted molar refractivity (Wildman–Crippen MR) is 96.6 cm³/mol. The maximum atomic E-state index is 15.4. The lowest BCUT2D eigenvalue weighted by molar-refractivity contribution is -0.216. The van der Waals surface area contributed by atoms with E-state index in [1.165, 1.54) is 36.4 Å². The molecule has 2 aromatic rings. The van der Waals surface area contributed by atoms with Crippen LogP contribution >= 0.6 is 0 Å². The second-order valence-electron chi connectivity index (χ2n) is 7.37. The van der Waals surface area contributed by atoms with Gasteiger partial charge in [-0.25, -0.2) is 17.6 Å². The van der Waals surface area contributed by atoms with Gasteiger partial charge in [-0.05, 0) is 63.2 Å². The maximum absolute atomic E-state index is 15.4. The molecule has 1 fully saturated rings. The number of carbonyl (C=O) groups is 1. The van der Waals surface area contributed by atoms with Crippen molar-refractivity contribution in [1.82, 2.24) is 5.32 Å². The van der Waals surface area contributed by atoms with Crippen molar-refractivity contribution in [3.8, 4) is 0 Å². The predicted octanol–water partition coefficient (Wildman–Crippen LogP) is 4.48. The van der Waals surface area contributed by atoms with Crippen LogP contribution in [0.4, 0.5) is 28.9 Å². The molecule has 0 aromatic heterocycles. The van der Waals surface area contributed by atoms with Gasteiger partial charge in [0.25, 0.3) is 0 Å². The topological polar surface area (TPSA) is 50.4 Å². The Labute approximate surface area is 159 Å². The number of anilines is 2. The van der Waals surface area contributed by atoms with Crippen molar-refractivity contribution in [2.24, 2.45) is 0 Å². The van der Waals surface area contributed by atoms with E-state index in [0.717, 1.165) is 26.8 Å². The molecule has 8 heteroatoms. The molecule has 2 aromatic carbocycles. The molecule has 0 unspecified atom stereocenters. The summed E-state index contributed by atoms with van der Waals surface area (Å²) < 4.78 is 63.5. The number of alkyl halides is 2. The van der Waals surface area contributed by atoms with Gasteiger partial charge in [-0.1, -0.05) is 0 Å². The lowest BCUT2D eigenvalue weighted by Gasteiger charge is -2.43. The van der Waals surface area contributed by atoms with Gasteiger partial charge in [0.2, 0.25) is 5.91 Å². The van der Waals surface area contributed by atoms with Gasteiger partial charge in [0.05, 0.1) is 0 Å². The average molecular weight is 396 g/mol. The van der Waals surface area contributed by atoms with Crippen molar-refractivity contribution in [3.63, 3.8) is 0 Å². The van der Waals surface area contributed by atoms with Crippen molar-refractivity contribution < 1.29 is 27.1 Å². The zero-order valence-corrected chi connectivity index (χ0v) is 15.6. The number of rotatable bonds is 3. The number of ether oxygens (including phenoxy) is 1. The minimum atomic E-state index is -3.64. The number of amides is 1. The van der Waals surface area contributed by atoms with Crippen LogP contribution in [0.5, 0.6) is 0 Å². The number of halogens is 4. The fourth-order valence-corrected chi connectivity index (χ4v) is 3.25. The molecule has 0 radical (unpaired) electrons. The molecule has 1 aliphatic rings. The molecule has 0 spiro atoms. The molecule has 4 nitrogen and oxygen atoms in total. The minimum Gasteiger partial charge on any atom is -0.359 e. The van der Waals surface area contributed by atoms with Crippen LogP contribution in [0.1, 0.15) is 26.3 Å². The molecular weight excluding hydrogens is 376 g/mol. The van der Waals surface area contributed by atoms with Gasteiger partial charge in [0.1, 0.15) is 29.4 Å². The summed E-state index contributed by atoms with van der Waals surface area (Å²) in [5, 5.41) is 5.13. The first-order valence-electron chi connectivity index (χ1n) is 8.62. The molecule has 3 rings (SSSR count). The second-order valence-corrected chi connectivity index (χ2v) is 7.37. The molecule has 1 aliphatic heterocycles. The first kappa shape index (κ1) is 20.1. The molecule has 1 amide bonds. The first-order valence-corrected chi connectivity index (χ1v) is 8.62. The maximum Gasteiger partial charge on any atom is 0.302 e. The first-order chi connectivity index (χ1) is 13.0. The zero-order valence-electron chi connectivity index (χ0n) is 15.6. The van der Waals surface area contributed by atoms with Gasteiger partial charge in [0, 0.05) is 16.9 Å². The van der Waals surface area contributed by atoms with Crippen LogP contribution in [0, 0.1) is 11.6 Å². The lowest BCUT2D eigenvalue weighted by atomic mass is 9.77. The Bertz CT molecular complexity index is 900. The Morgan fingerprint density at radius 2 is 1.61 bits per heavy atom. The van der Waals surface area contributed by atoms with Crippen molar-refractivity contribution in [1.29, 1.82) is 0 Å². The summed E-state index contributed by atoms with van der Waals surface area (Å²) >= 11 is 0. The van der Waals surface area contributed by atoms with Gasteiger partial charge in [-0.15, -0.1) is 0 Å². The number of nitrogens with one attached hydrogen (secondary N) is 2. The van der Waals surface area contributed by atoms with E-state index in [4.69, 9.17) is 4.74 Å². The summed E-state index contributed by atoms with van der Waals surface area (Å²) in [6, 6.07) is 8.98. The summed E-state index contributed by atoms with van der Waals surface area (Å²) in [6.45, 7) is 2.82. The molecule has 0 aliphatic carbocycles. The molecule has 0 saturated carbocycles. The summed E-state index contributed by atoms with van der Waals surface area (Å²) in [4.78, 5) is 12.0. The van der Waals surface area contributed by atoms with Crippen molar-refractivity contribution in [3.05, 3.63) is 59.7 Å². The monoisotopic (exact) mass is 396 g/mol. The van der Waals surface area contributed by atoms with Crippen LogP contribution in [0.3, 0.4) is 0 Å². The van der Waals surface area contributed by atoms with E-state index >= 15 is 8.78 Å². The molecular formula is C20H20F4N2O2. The summed E-state index contributed by atoms with van der Waals surface area (Å²) in [7, 11) is 0. The average Bonchev–Trinajstić information content (AvgIpc) is 2.68. The Morgan fingerprint density at radius 3 is 2.25 bits per heavy atom. The molecule has 150 valence electrons. The lowest BCUT2D eigenvalue weighted by Crippen LogP contribution is -2.62. The van der Waals surface area contributed by atoms with E-state index in [-0.39, 0.29) is 0 Å². The van der Waals surface area contributed by atoms with Crippen LogP contribution in [0.15, 0.2) is 42.5 Å². The SMILES string of the molecule is CC1(C)OCC(=O)N[C@](C)(c2cc(Nc3ccc(F)cc3)ccc2F)C1(F)F. The molecule has 1 saturated heterocycles. The largest absolute Gasteiger partial charge is 0.359 e. The highest BCUT2D eigenvalue weighted by molar-refractivity contribution is 5.79. The third-order valence-electron chi connectivity index (χ3n) is 4.98. The summed E-state index contributed by atoms with van der Waals surface area (Å²) in [6.07, 6.45) is 0. The zero-order chi connectivity index (χ0) is 20.7. The van der Waals surface area contributed by atoms with Crippen molar-refractivity contribution >= 4 is 17.3 Å². The van der Waals surface area contributed by atoms with Crippen LogP contribution in [-0.4, -0.2) is 24.0 Å². The Morgan fingerprint density at radius 1 is 1.00 bits per heavy atom. The van der Waals surface area contributed by atoms with E-state index in [1.807, 2.05) is 0 Å². The third kappa shape index (κ3) is 3.32. The van der Waals surface area contributed by atoms with Crippen LogP contribution in [-0.2, 0) is 15.1 Å². The molecule has 28 heavy (non-hydrogen) atoms. The molecule has 1 atom stereocenters. The van der Waals surface area contributed by atoms with Gasteiger partial charge in [-0.3, -0.25) is 4.79 Å². The quantitative estimate of drug-likeness (QED) is 0.752. The highest BCUT2D eigenvalue weighted by Crippen LogP contribution is 2.48. The van der Waals surface area contributed by atoms with Gasteiger partial charge in [0.15, 0.2) is 0 Å². The van der Waals surface area contributed by atoms with Crippen LogP contribution in [0.25, 0.3) is 0 Å². The summed E-state index contributed by atoms with van der Waals surface area (Å²) in [5.74, 6) is -5.74. The standard InChI is InChI=1S/C20H20F4N2O2/c1-18(2)20(23,24)19(3,26-17(27)11-28-18)15-10-14(8-9-16(15)22)25-13-6-4-12(21)5-7-13/h4-10,25H,11H2,1-3H3,(H,26,27)/t19-/m1/s1. The van der Waals surface area contributed by atoms with Crippen molar-refractivity contribution in [2.45, 2.75) is 37.8 Å². The van der Waals surface area contributed by atoms with E-state index in [1.54, 1.807) is 0 Å². The number of benzene rings is 2. The smallest absolute Gasteiger partial charge is 0.302 e. The second kappa shape index (κ2) is 6.77. The van der Waals surface area contributed by atoms with E-state index < -0.39 is 46.8 Å². The summed E-state index contributed by atoms with van der Waals surface area (Å²) in [5.41, 5.74) is -3.97. The van der Waals surface area contributed by atoms with Gasteiger partial charge < -0.3 is 15.4 Å². The van der Waals surface area contributed by atoms with E-state index in [9.17, 15) is 13.6 Å². The Hall–Kier alpha value is -2.61. The van der Waals surface area contributed by atoms with Crippen LogP contribution < -0.4 is 10.6 Å². The number of hydrogen-bond donors (Lipinski definition) is 2. The van der Waals surface area contributed by atoms with E-state index in [2.05, 4.69) is 10.6 Å². The molecule has 0 bridgehead atoms. The van der Waals surface area contributed by atoms with Gasteiger partial charge in [-0.2, -0.15) is 0 Å². The minimum absolute atomic E-state index is 0.303. The Balaban J connectivity index is 2.07. The fourth-order valence-electron chi connectivity index (χ4n) is 3.25. The van der Waals surface area contributed by atoms with Gasteiger partial charge >= 0.3 is 5.92 Å². The normalized spacial score (nSPS) is 23.6. The van der Waals surface area contributed by atoms with Crippen LogP contribution in [0.2, 0.25) is 0 Å².